The zero-order valence-electron chi connectivity index (χ0n) is 13.0. The Balaban J connectivity index is 1.82. The molecule has 2 atom stereocenters. The molecule has 0 aliphatic heterocycles. The molecule has 2 unspecified atom stereocenters. The Hall–Kier alpha value is -1.77. The highest BCUT2D eigenvalue weighted by molar-refractivity contribution is 5.53. The molecule has 1 heterocycles. The Labute approximate surface area is 127 Å². The van der Waals surface area contributed by atoms with Crippen LogP contribution in [0.4, 0.5) is 11.6 Å². The quantitative estimate of drug-likeness (QED) is 0.848. The van der Waals surface area contributed by atoms with Crippen LogP contribution in [-0.2, 0) is 0 Å². The van der Waals surface area contributed by atoms with E-state index in [1.54, 1.807) is 0 Å². The monoisotopic (exact) mass is 283 g/mol. The largest absolute Gasteiger partial charge is 0.326 e. The molecule has 112 valence electrons. The minimum Gasteiger partial charge on any atom is -0.326 e. The van der Waals surface area contributed by atoms with Crippen molar-refractivity contribution in [3.8, 4) is 0 Å². The van der Waals surface area contributed by atoms with Crippen LogP contribution in [0.2, 0.25) is 0 Å². The third-order valence-corrected chi connectivity index (χ3v) is 4.61. The zero-order valence-corrected chi connectivity index (χ0v) is 13.0. The lowest BCUT2D eigenvalue weighted by Gasteiger charge is -2.30. The number of aromatic nitrogens is 2. The van der Waals surface area contributed by atoms with Crippen LogP contribution < -0.4 is 5.32 Å². The number of anilines is 2. The second-order valence-electron chi connectivity index (χ2n) is 6.20. The second kappa shape index (κ2) is 6.33. The average Bonchev–Trinajstić information content (AvgIpc) is 2.89. The van der Waals surface area contributed by atoms with Gasteiger partial charge in [0.25, 0.3) is 0 Å². The summed E-state index contributed by atoms with van der Waals surface area (Å²) in [7, 11) is 0. The number of hydrogen-bond donors (Lipinski definition) is 1. The zero-order chi connectivity index (χ0) is 14.7. The van der Waals surface area contributed by atoms with Gasteiger partial charge >= 0.3 is 0 Å². The van der Waals surface area contributed by atoms with Crippen molar-refractivity contribution in [2.75, 3.05) is 5.32 Å². The SMILES string of the molecule is CCC1CCCC(n2cc(C)nc2Nc2ccccc2)C1. The minimum atomic E-state index is 0.594. The fourth-order valence-electron chi connectivity index (χ4n) is 3.42. The van der Waals surface area contributed by atoms with Crippen molar-refractivity contribution in [2.45, 2.75) is 52.0 Å². The first-order valence-corrected chi connectivity index (χ1v) is 8.13. The number of hydrogen-bond acceptors (Lipinski definition) is 2. The van der Waals surface area contributed by atoms with Crippen LogP contribution >= 0.6 is 0 Å². The van der Waals surface area contributed by atoms with Crippen LogP contribution in [0, 0.1) is 12.8 Å². The highest BCUT2D eigenvalue weighted by Gasteiger charge is 2.24. The van der Waals surface area contributed by atoms with E-state index >= 15 is 0 Å². The third-order valence-electron chi connectivity index (χ3n) is 4.61. The number of nitrogens with one attached hydrogen (secondary N) is 1. The number of para-hydroxylation sites is 1. The highest BCUT2D eigenvalue weighted by atomic mass is 15.2. The molecule has 3 nitrogen and oxygen atoms in total. The summed E-state index contributed by atoms with van der Waals surface area (Å²) in [5.41, 5.74) is 2.19. The molecule has 1 aromatic heterocycles. The van der Waals surface area contributed by atoms with Gasteiger partial charge in [-0.25, -0.2) is 4.98 Å². The van der Waals surface area contributed by atoms with Gasteiger partial charge in [-0.15, -0.1) is 0 Å². The minimum absolute atomic E-state index is 0.594. The maximum absolute atomic E-state index is 4.68. The van der Waals surface area contributed by atoms with Crippen LogP contribution in [0.3, 0.4) is 0 Å². The van der Waals surface area contributed by atoms with Gasteiger partial charge in [0.05, 0.1) is 5.69 Å². The Morgan fingerprint density at radius 2 is 2.05 bits per heavy atom. The fourth-order valence-corrected chi connectivity index (χ4v) is 3.42. The lowest BCUT2D eigenvalue weighted by atomic mass is 9.84. The molecular formula is C18H25N3. The number of rotatable bonds is 4. The highest BCUT2D eigenvalue weighted by Crippen LogP contribution is 2.36. The molecule has 0 bridgehead atoms. The molecule has 21 heavy (non-hydrogen) atoms. The molecule has 1 aliphatic carbocycles. The molecule has 1 aromatic carbocycles. The molecule has 0 amide bonds. The molecule has 0 saturated heterocycles. The van der Waals surface area contributed by atoms with Crippen molar-refractivity contribution >= 4 is 11.6 Å². The van der Waals surface area contributed by atoms with E-state index in [2.05, 4.69) is 59.2 Å². The van der Waals surface area contributed by atoms with E-state index in [1.165, 1.54) is 32.1 Å². The van der Waals surface area contributed by atoms with Crippen LogP contribution in [0.5, 0.6) is 0 Å². The molecule has 1 N–H and O–H groups in total. The van der Waals surface area contributed by atoms with Crippen molar-refractivity contribution in [1.29, 1.82) is 0 Å². The Morgan fingerprint density at radius 3 is 2.81 bits per heavy atom. The van der Waals surface area contributed by atoms with E-state index in [1.807, 2.05) is 6.07 Å². The molecule has 0 spiro atoms. The Bertz CT molecular complexity index is 573. The summed E-state index contributed by atoms with van der Waals surface area (Å²) in [4.78, 5) is 4.68. The van der Waals surface area contributed by atoms with Gasteiger partial charge < -0.3 is 9.88 Å². The maximum Gasteiger partial charge on any atom is 0.207 e. The summed E-state index contributed by atoms with van der Waals surface area (Å²) in [5, 5.41) is 3.48. The van der Waals surface area contributed by atoms with Crippen LogP contribution in [-0.4, -0.2) is 9.55 Å². The molecule has 1 fully saturated rings. The van der Waals surface area contributed by atoms with Gasteiger partial charge in [0, 0.05) is 17.9 Å². The van der Waals surface area contributed by atoms with Gasteiger partial charge in [-0.2, -0.15) is 0 Å². The van der Waals surface area contributed by atoms with Crippen molar-refractivity contribution in [1.82, 2.24) is 9.55 Å². The average molecular weight is 283 g/mol. The summed E-state index contributed by atoms with van der Waals surface area (Å²) < 4.78 is 2.37. The van der Waals surface area contributed by atoms with Crippen LogP contribution in [0.25, 0.3) is 0 Å². The standard InChI is InChI=1S/C18H25N3/c1-3-15-8-7-11-17(12-15)21-13-14(2)19-18(21)20-16-9-5-4-6-10-16/h4-6,9-10,13,15,17H,3,7-8,11-12H2,1-2H3,(H,19,20). The van der Waals surface area contributed by atoms with E-state index < -0.39 is 0 Å². The Kier molecular flexibility index (Phi) is 4.28. The number of aryl methyl sites for hydroxylation is 1. The molecule has 1 aliphatic rings. The third kappa shape index (κ3) is 3.29. The summed E-state index contributed by atoms with van der Waals surface area (Å²) in [6.07, 6.45) is 8.79. The molecular weight excluding hydrogens is 258 g/mol. The predicted molar refractivity (Wildman–Crippen MR) is 88.0 cm³/mol. The molecule has 0 radical (unpaired) electrons. The molecule has 1 saturated carbocycles. The van der Waals surface area contributed by atoms with E-state index in [0.717, 1.165) is 23.2 Å². The molecule has 3 rings (SSSR count). The second-order valence-corrected chi connectivity index (χ2v) is 6.20. The van der Waals surface area contributed by atoms with Gasteiger partial charge in [0.2, 0.25) is 5.95 Å². The van der Waals surface area contributed by atoms with Crippen LogP contribution in [0.1, 0.15) is 50.8 Å². The van der Waals surface area contributed by atoms with Gasteiger partial charge in [-0.1, -0.05) is 44.4 Å². The van der Waals surface area contributed by atoms with Crippen LogP contribution in [0.15, 0.2) is 36.5 Å². The smallest absolute Gasteiger partial charge is 0.207 e. The lowest BCUT2D eigenvalue weighted by Crippen LogP contribution is -2.19. The number of benzene rings is 1. The first kappa shape index (κ1) is 14.2. The molecule has 3 heteroatoms. The Morgan fingerprint density at radius 1 is 1.24 bits per heavy atom. The maximum atomic E-state index is 4.68. The van der Waals surface area contributed by atoms with Crippen molar-refractivity contribution in [3.63, 3.8) is 0 Å². The summed E-state index contributed by atoms with van der Waals surface area (Å²) >= 11 is 0. The van der Waals surface area contributed by atoms with Gasteiger partial charge in [-0.05, 0) is 37.8 Å². The predicted octanol–water partition coefficient (Wildman–Crippen LogP) is 5.08. The molecule has 2 aromatic rings. The number of imidazole rings is 1. The summed E-state index contributed by atoms with van der Waals surface area (Å²) in [6, 6.07) is 10.9. The first-order valence-electron chi connectivity index (χ1n) is 8.13. The lowest BCUT2D eigenvalue weighted by molar-refractivity contribution is 0.263. The van der Waals surface area contributed by atoms with E-state index in [-0.39, 0.29) is 0 Å². The fraction of sp³-hybridized carbons (Fsp3) is 0.500. The normalized spacial score (nSPS) is 22.2. The van der Waals surface area contributed by atoms with E-state index in [4.69, 9.17) is 0 Å². The van der Waals surface area contributed by atoms with Gasteiger partial charge in [0.15, 0.2) is 0 Å². The number of nitrogens with zero attached hydrogens (tertiary/aromatic N) is 2. The van der Waals surface area contributed by atoms with Gasteiger partial charge in [-0.3, -0.25) is 0 Å². The first-order chi connectivity index (χ1) is 10.3. The van der Waals surface area contributed by atoms with Crippen molar-refractivity contribution in [3.05, 3.63) is 42.2 Å². The van der Waals surface area contributed by atoms with Crippen molar-refractivity contribution < 1.29 is 0 Å². The van der Waals surface area contributed by atoms with E-state index in [9.17, 15) is 0 Å². The topological polar surface area (TPSA) is 29.9 Å². The van der Waals surface area contributed by atoms with Gasteiger partial charge in [0.1, 0.15) is 0 Å². The van der Waals surface area contributed by atoms with Crippen molar-refractivity contribution in [2.24, 2.45) is 5.92 Å². The summed E-state index contributed by atoms with van der Waals surface area (Å²) in [5.74, 6) is 1.86. The van der Waals surface area contributed by atoms with E-state index in [0.29, 0.717) is 6.04 Å². The summed E-state index contributed by atoms with van der Waals surface area (Å²) in [6.45, 7) is 4.39.